The van der Waals surface area contributed by atoms with Gasteiger partial charge >= 0.3 is 18.1 Å². The summed E-state index contributed by atoms with van der Waals surface area (Å²) in [6, 6.07) is 20.1. The Bertz CT molecular complexity index is 1510. The Kier molecular flexibility index (Phi) is 18.3. The molecule has 1 aliphatic rings. The minimum atomic E-state index is -4.65. The smallest absolute Gasteiger partial charge is 0.425 e. The van der Waals surface area contributed by atoms with E-state index in [9.17, 15) is 22.8 Å². The Labute approximate surface area is 318 Å². The minimum absolute atomic E-state index is 0.0615. The standard InChI is InChI=1S/C44H57F3O7/c1-3-4-5-13-16-41(44(45,46)47)54-43(49)37-23-27-39(28-24-37)53-42(48)36-19-17-34(18-20-36)35-21-25-38(26-22-35)51-30-15-12-10-8-6-7-9-11-14-29-50-32-40-33(2)31-52-40/h17-28,33,40-41H,3-16,29-32H2,1-2H3/t33?,40?,41-/m0/s1. The maximum Gasteiger partial charge on any atom is 0.425 e. The van der Waals surface area contributed by atoms with Crippen molar-refractivity contribution in [1.82, 2.24) is 0 Å². The van der Waals surface area contributed by atoms with Crippen LogP contribution < -0.4 is 9.47 Å². The highest BCUT2D eigenvalue weighted by Gasteiger charge is 2.42. The Morgan fingerprint density at radius 1 is 0.685 bits per heavy atom. The molecule has 0 saturated carbocycles. The van der Waals surface area contributed by atoms with E-state index in [-0.39, 0.29) is 17.7 Å². The second kappa shape index (κ2) is 23.1. The predicted molar refractivity (Wildman–Crippen MR) is 204 cm³/mol. The lowest BCUT2D eigenvalue weighted by molar-refractivity contribution is -0.206. The average molecular weight is 755 g/mol. The number of esters is 2. The van der Waals surface area contributed by atoms with Gasteiger partial charge in [0, 0.05) is 12.5 Å². The van der Waals surface area contributed by atoms with Crippen molar-refractivity contribution in [2.75, 3.05) is 26.4 Å². The van der Waals surface area contributed by atoms with E-state index in [4.69, 9.17) is 23.7 Å². The Hall–Kier alpha value is -3.89. The lowest BCUT2D eigenvalue weighted by Gasteiger charge is -2.33. The van der Waals surface area contributed by atoms with Crippen molar-refractivity contribution in [2.24, 2.45) is 5.92 Å². The highest BCUT2D eigenvalue weighted by molar-refractivity contribution is 5.92. The lowest BCUT2D eigenvalue weighted by atomic mass is 10.0. The molecule has 1 saturated heterocycles. The van der Waals surface area contributed by atoms with Gasteiger partial charge < -0.3 is 23.7 Å². The number of halogens is 3. The van der Waals surface area contributed by atoms with E-state index in [0.29, 0.717) is 37.0 Å². The molecular weight excluding hydrogens is 697 g/mol. The molecule has 7 nitrogen and oxygen atoms in total. The van der Waals surface area contributed by atoms with Crippen LogP contribution in [0.3, 0.4) is 0 Å². The first-order chi connectivity index (χ1) is 26.1. The van der Waals surface area contributed by atoms with Gasteiger partial charge in [-0.2, -0.15) is 13.2 Å². The zero-order valence-electron chi connectivity index (χ0n) is 31.9. The first-order valence-corrected chi connectivity index (χ1v) is 19.8. The van der Waals surface area contributed by atoms with Crippen molar-refractivity contribution in [3.05, 3.63) is 83.9 Å². The van der Waals surface area contributed by atoms with E-state index in [0.717, 1.165) is 68.8 Å². The number of alkyl halides is 3. The van der Waals surface area contributed by atoms with Crippen LogP contribution in [0.15, 0.2) is 72.8 Å². The zero-order valence-corrected chi connectivity index (χ0v) is 31.9. The van der Waals surface area contributed by atoms with Gasteiger partial charge in [0.15, 0.2) is 6.10 Å². The van der Waals surface area contributed by atoms with Gasteiger partial charge in [0.2, 0.25) is 0 Å². The van der Waals surface area contributed by atoms with Gasteiger partial charge in [0.25, 0.3) is 0 Å². The molecule has 0 amide bonds. The van der Waals surface area contributed by atoms with E-state index in [1.165, 1.54) is 62.8 Å². The van der Waals surface area contributed by atoms with Gasteiger partial charge in [-0.3, -0.25) is 0 Å². The Balaban J connectivity index is 1.08. The van der Waals surface area contributed by atoms with Crippen LogP contribution in [0.5, 0.6) is 11.5 Å². The molecule has 2 unspecified atom stereocenters. The first kappa shape index (κ1) is 42.8. The van der Waals surface area contributed by atoms with E-state index in [1.807, 2.05) is 43.3 Å². The molecule has 10 heteroatoms. The van der Waals surface area contributed by atoms with Crippen molar-refractivity contribution in [2.45, 2.75) is 122 Å². The van der Waals surface area contributed by atoms with Crippen LogP contribution >= 0.6 is 0 Å². The summed E-state index contributed by atoms with van der Waals surface area (Å²) in [6.07, 6.45) is 6.78. The summed E-state index contributed by atoms with van der Waals surface area (Å²) in [5.41, 5.74) is 2.16. The lowest BCUT2D eigenvalue weighted by Crippen LogP contribution is -2.41. The molecule has 0 aromatic heterocycles. The molecule has 0 N–H and O–H groups in total. The van der Waals surface area contributed by atoms with Crippen LogP contribution in [-0.2, 0) is 14.2 Å². The van der Waals surface area contributed by atoms with E-state index >= 15 is 0 Å². The van der Waals surface area contributed by atoms with Gasteiger partial charge in [-0.1, -0.05) is 102 Å². The monoisotopic (exact) mass is 754 g/mol. The Morgan fingerprint density at radius 2 is 1.20 bits per heavy atom. The number of unbranched alkanes of at least 4 members (excludes halogenated alkanes) is 11. The van der Waals surface area contributed by atoms with Crippen LogP contribution in [0.4, 0.5) is 13.2 Å². The normalized spacial score (nSPS) is 16.0. The molecule has 1 aliphatic heterocycles. The minimum Gasteiger partial charge on any atom is -0.494 e. The van der Waals surface area contributed by atoms with Gasteiger partial charge in [-0.15, -0.1) is 0 Å². The fraction of sp³-hybridized carbons (Fsp3) is 0.545. The summed E-state index contributed by atoms with van der Waals surface area (Å²) < 4.78 is 67.6. The number of hydrogen-bond donors (Lipinski definition) is 0. The van der Waals surface area contributed by atoms with Gasteiger partial charge in [-0.05, 0) is 85.3 Å². The molecular formula is C44H57F3O7. The summed E-state index contributed by atoms with van der Waals surface area (Å²) in [7, 11) is 0. The molecule has 1 heterocycles. The number of carbonyl (C=O) groups excluding carboxylic acids is 2. The predicted octanol–water partition coefficient (Wildman–Crippen LogP) is 11.6. The Morgan fingerprint density at radius 3 is 1.76 bits per heavy atom. The van der Waals surface area contributed by atoms with Crippen molar-refractivity contribution in [1.29, 1.82) is 0 Å². The number of ether oxygens (including phenoxy) is 5. The van der Waals surface area contributed by atoms with Crippen molar-refractivity contribution < 1.29 is 46.4 Å². The van der Waals surface area contributed by atoms with Gasteiger partial charge in [-0.25, -0.2) is 9.59 Å². The molecule has 54 heavy (non-hydrogen) atoms. The number of hydrogen-bond acceptors (Lipinski definition) is 7. The summed E-state index contributed by atoms with van der Waals surface area (Å²) >= 11 is 0. The summed E-state index contributed by atoms with van der Waals surface area (Å²) in [6.45, 7) is 7.31. The third-order valence-electron chi connectivity index (χ3n) is 9.73. The molecule has 1 fully saturated rings. The second-order valence-corrected chi connectivity index (χ2v) is 14.3. The molecule has 0 radical (unpaired) electrons. The average Bonchev–Trinajstić information content (AvgIpc) is 3.17. The first-order valence-electron chi connectivity index (χ1n) is 19.8. The molecule has 0 spiro atoms. The molecule has 3 atom stereocenters. The van der Waals surface area contributed by atoms with Gasteiger partial charge in [0.1, 0.15) is 11.5 Å². The summed E-state index contributed by atoms with van der Waals surface area (Å²) in [5.74, 6) is -0.0759. The summed E-state index contributed by atoms with van der Waals surface area (Å²) in [5, 5.41) is 0. The fourth-order valence-electron chi connectivity index (χ4n) is 6.18. The van der Waals surface area contributed by atoms with Crippen LogP contribution in [0.25, 0.3) is 11.1 Å². The molecule has 4 rings (SSSR count). The number of rotatable bonds is 25. The molecule has 3 aromatic carbocycles. The maximum atomic E-state index is 13.4. The molecule has 3 aromatic rings. The third kappa shape index (κ3) is 15.1. The van der Waals surface area contributed by atoms with E-state index < -0.39 is 24.2 Å². The number of carbonyl (C=O) groups is 2. The van der Waals surface area contributed by atoms with Crippen molar-refractivity contribution >= 4 is 11.9 Å². The van der Waals surface area contributed by atoms with Crippen molar-refractivity contribution in [3.8, 4) is 22.6 Å². The van der Waals surface area contributed by atoms with Crippen LogP contribution in [0, 0.1) is 5.92 Å². The van der Waals surface area contributed by atoms with E-state index in [2.05, 4.69) is 6.92 Å². The largest absolute Gasteiger partial charge is 0.494 e. The topological polar surface area (TPSA) is 80.3 Å². The van der Waals surface area contributed by atoms with Crippen LogP contribution in [0.2, 0.25) is 0 Å². The SMILES string of the molecule is CCCCCC[C@H](OC(=O)c1ccc(OC(=O)c2ccc(-c3ccc(OCCCCCCCCCCCOCC4OCC4C)cc3)cc2)cc1)C(F)(F)F. The highest BCUT2D eigenvalue weighted by atomic mass is 19.4. The van der Waals surface area contributed by atoms with Crippen LogP contribution in [-0.4, -0.2) is 56.8 Å². The van der Waals surface area contributed by atoms with Crippen molar-refractivity contribution in [3.63, 3.8) is 0 Å². The highest BCUT2D eigenvalue weighted by Crippen LogP contribution is 2.29. The summed E-state index contributed by atoms with van der Waals surface area (Å²) in [4.78, 5) is 25.2. The van der Waals surface area contributed by atoms with Crippen LogP contribution in [0.1, 0.15) is 124 Å². The fourth-order valence-corrected chi connectivity index (χ4v) is 6.18. The molecule has 0 aliphatic carbocycles. The zero-order chi connectivity index (χ0) is 38.6. The van der Waals surface area contributed by atoms with E-state index in [1.54, 1.807) is 12.1 Å². The third-order valence-corrected chi connectivity index (χ3v) is 9.73. The molecule has 296 valence electrons. The quantitative estimate of drug-likeness (QED) is 0.0484. The van der Waals surface area contributed by atoms with Gasteiger partial charge in [0.05, 0.1) is 37.1 Å². The maximum absolute atomic E-state index is 13.4. The number of benzene rings is 3. The second-order valence-electron chi connectivity index (χ2n) is 14.3. The molecule has 0 bridgehead atoms.